The van der Waals surface area contributed by atoms with Crippen LogP contribution in [0.5, 0.6) is 5.75 Å². The van der Waals surface area contributed by atoms with E-state index in [0.717, 1.165) is 23.4 Å². The highest BCUT2D eigenvalue weighted by atomic mass is 16.5. The molecule has 0 bridgehead atoms. The van der Waals surface area contributed by atoms with Crippen molar-refractivity contribution in [2.24, 2.45) is 4.99 Å². The summed E-state index contributed by atoms with van der Waals surface area (Å²) < 4.78 is 5.36. The third-order valence-electron chi connectivity index (χ3n) is 3.93. The predicted molar refractivity (Wildman–Crippen MR) is 109 cm³/mol. The topological polar surface area (TPSA) is 74.8 Å². The lowest BCUT2D eigenvalue weighted by Gasteiger charge is -2.13. The molecule has 0 radical (unpaired) electrons. The van der Waals surface area contributed by atoms with Gasteiger partial charge in [-0.25, -0.2) is 4.99 Å². The van der Waals surface area contributed by atoms with Crippen molar-refractivity contribution in [3.05, 3.63) is 65.2 Å². The van der Waals surface area contributed by atoms with E-state index < -0.39 is 0 Å². The van der Waals surface area contributed by atoms with Gasteiger partial charge in [-0.3, -0.25) is 4.79 Å². The van der Waals surface area contributed by atoms with Crippen molar-refractivity contribution in [2.75, 3.05) is 26.7 Å². The Kier molecular flexibility index (Phi) is 8.16. The van der Waals surface area contributed by atoms with Gasteiger partial charge in [0.25, 0.3) is 5.91 Å². The number of nitrogens with one attached hydrogen (secondary N) is 3. The number of aliphatic imine (C=N–C) groups is 1. The highest BCUT2D eigenvalue weighted by molar-refractivity contribution is 5.94. The lowest BCUT2D eigenvalue weighted by atomic mass is 10.1. The first-order valence-electron chi connectivity index (χ1n) is 9.13. The number of carbonyl (C=O) groups excluding carboxylic acids is 1. The van der Waals surface area contributed by atoms with Crippen molar-refractivity contribution in [1.29, 1.82) is 0 Å². The van der Waals surface area contributed by atoms with Crippen LogP contribution < -0.4 is 20.7 Å². The molecule has 3 N–H and O–H groups in total. The molecule has 2 aromatic rings. The standard InChI is InChI=1S/C21H28N4O2/c1-4-22-21(25-15-18-9-5-6-11-19(18)27-3)24-13-12-23-20(26)17-10-7-8-16(2)14-17/h5-11,14H,4,12-13,15H2,1-3H3,(H,23,26)(H2,22,24,25). The minimum Gasteiger partial charge on any atom is -0.496 e. The van der Waals surface area contributed by atoms with Gasteiger partial charge in [0.2, 0.25) is 0 Å². The highest BCUT2D eigenvalue weighted by Crippen LogP contribution is 2.17. The van der Waals surface area contributed by atoms with Crippen LogP contribution in [0.25, 0.3) is 0 Å². The molecule has 2 aromatic carbocycles. The molecule has 6 nitrogen and oxygen atoms in total. The lowest BCUT2D eigenvalue weighted by Crippen LogP contribution is -2.41. The minimum atomic E-state index is -0.0727. The van der Waals surface area contributed by atoms with Gasteiger partial charge in [0.15, 0.2) is 5.96 Å². The Morgan fingerprint density at radius 2 is 1.81 bits per heavy atom. The number of hydrogen-bond acceptors (Lipinski definition) is 3. The van der Waals surface area contributed by atoms with Crippen molar-refractivity contribution in [1.82, 2.24) is 16.0 Å². The summed E-state index contributed by atoms with van der Waals surface area (Å²) in [4.78, 5) is 16.7. The molecule has 0 atom stereocenters. The quantitative estimate of drug-likeness (QED) is 0.380. The minimum absolute atomic E-state index is 0.0727. The second kappa shape index (κ2) is 10.9. The van der Waals surface area contributed by atoms with Gasteiger partial charge in [-0.2, -0.15) is 0 Å². The molecule has 0 fully saturated rings. The number of ether oxygens (including phenoxy) is 1. The summed E-state index contributed by atoms with van der Waals surface area (Å²) in [6, 6.07) is 15.4. The van der Waals surface area contributed by atoms with Gasteiger partial charge >= 0.3 is 0 Å². The lowest BCUT2D eigenvalue weighted by molar-refractivity contribution is 0.0954. The van der Waals surface area contributed by atoms with E-state index in [4.69, 9.17) is 4.74 Å². The van der Waals surface area contributed by atoms with Crippen LogP contribution in [0.3, 0.4) is 0 Å². The second-order valence-corrected chi connectivity index (χ2v) is 6.06. The molecule has 0 aromatic heterocycles. The number of amides is 1. The summed E-state index contributed by atoms with van der Waals surface area (Å²) in [7, 11) is 1.66. The zero-order valence-corrected chi connectivity index (χ0v) is 16.2. The fourth-order valence-electron chi connectivity index (χ4n) is 2.58. The van der Waals surface area contributed by atoms with Crippen LogP contribution in [0.1, 0.15) is 28.4 Å². The molecule has 27 heavy (non-hydrogen) atoms. The molecule has 6 heteroatoms. The summed E-state index contributed by atoms with van der Waals surface area (Å²) in [5.74, 6) is 1.45. The van der Waals surface area contributed by atoms with Gasteiger partial charge < -0.3 is 20.7 Å². The maximum Gasteiger partial charge on any atom is 0.251 e. The van der Waals surface area contributed by atoms with Crippen LogP contribution in [0.15, 0.2) is 53.5 Å². The molecule has 0 spiro atoms. The fraction of sp³-hybridized carbons (Fsp3) is 0.333. The molecule has 0 saturated carbocycles. The summed E-state index contributed by atoms with van der Waals surface area (Å²) >= 11 is 0. The number of methoxy groups -OCH3 is 1. The maximum absolute atomic E-state index is 12.1. The first-order valence-corrected chi connectivity index (χ1v) is 9.13. The molecule has 0 aliphatic carbocycles. The molecular weight excluding hydrogens is 340 g/mol. The molecular formula is C21H28N4O2. The molecule has 0 heterocycles. The number of benzene rings is 2. The molecule has 1 amide bonds. The van der Waals surface area contributed by atoms with Gasteiger partial charge in [0.1, 0.15) is 5.75 Å². The summed E-state index contributed by atoms with van der Waals surface area (Å²) in [6.45, 7) is 6.34. The first-order chi connectivity index (χ1) is 13.1. The average Bonchev–Trinajstić information content (AvgIpc) is 2.69. The van der Waals surface area contributed by atoms with Crippen LogP contribution in [0.2, 0.25) is 0 Å². The Morgan fingerprint density at radius 1 is 1.04 bits per heavy atom. The summed E-state index contributed by atoms with van der Waals surface area (Å²) in [5, 5.41) is 9.34. The van der Waals surface area contributed by atoms with Crippen molar-refractivity contribution in [2.45, 2.75) is 20.4 Å². The number of carbonyl (C=O) groups is 1. The van der Waals surface area contributed by atoms with Gasteiger partial charge in [-0.15, -0.1) is 0 Å². The van der Waals surface area contributed by atoms with Crippen molar-refractivity contribution in [3.63, 3.8) is 0 Å². The Balaban J connectivity index is 1.84. The Labute approximate surface area is 161 Å². The summed E-state index contributed by atoms with van der Waals surface area (Å²) in [6.07, 6.45) is 0. The van der Waals surface area contributed by atoms with E-state index in [-0.39, 0.29) is 5.91 Å². The van der Waals surface area contributed by atoms with E-state index in [0.29, 0.717) is 31.2 Å². The van der Waals surface area contributed by atoms with Crippen LogP contribution in [0.4, 0.5) is 0 Å². The highest BCUT2D eigenvalue weighted by Gasteiger charge is 2.05. The largest absolute Gasteiger partial charge is 0.496 e. The van der Waals surface area contributed by atoms with Crippen molar-refractivity contribution >= 4 is 11.9 Å². The van der Waals surface area contributed by atoms with Crippen LogP contribution >= 0.6 is 0 Å². The number of guanidine groups is 1. The van der Waals surface area contributed by atoms with Crippen LogP contribution in [-0.2, 0) is 6.54 Å². The van der Waals surface area contributed by atoms with Crippen molar-refractivity contribution < 1.29 is 9.53 Å². The summed E-state index contributed by atoms with van der Waals surface area (Å²) in [5.41, 5.74) is 2.76. The molecule has 0 unspecified atom stereocenters. The smallest absolute Gasteiger partial charge is 0.251 e. The maximum atomic E-state index is 12.1. The van der Waals surface area contributed by atoms with Crippen LogP contribution in [-0.4, -0.2) is 38.6 Å². The normalized spacial score (nSPS) is 11.0. The number of aryl methyl sites for hydroxylation is 1. The van der Waals surface area contributed by atoms with E-state index in [9.17, 15) is 4.79 Å². The Morgan fingerprint density at radius 3 is 2.56 bits per heavy atom. The van der Waals surface area contributed by atoms with Gasteiger partial charge in [0, 0.05) is 30.8 Å². The zero-order chi connectivity index (χ0) is 19.5. The SMILES string of the molecule is CCNC(=NCc1ccccc1OC)NCCNC(=O)c1cccc(C)c1. The van der Waals surface area contributed by atoms with E-state index in [1.807, 2.05) is 62.4 Å². The number of hydrogen-bond donors (Lipinski definition) is 3. The molecule has 144 valence electrons. The Bertz CT molecular complexity index is 774. The fourth-order valence-corrected chi connectivity index (χ4v) is 2.58. The van der Waals surface area contributed by atoms with E-state index in [1.165, 1.54) is 0 Å². The van der Waals surface area contributed by atoms with E-state index in [2.05, 4.69) is 20.9 Å². The number of rotatable bonds is 8. The Hall–Kier alpha value is -3.02. The molecule has 0 aliphatic heterocycles. The average molecular weight is 368 g/mol. The second-order valence-electron chi connectivity index (χ2n) is 6.06. The first kappa shape index (κ1) is 20.3. The monoisotopic (exact) mass is 368 g/mol. The van der Waals surface area contributed by atoms with E-state index >= 15 is 0 Å². The third kappa shape index (κ3) is 6.66. The molecule has 0 saturated heterocycles. The third-order valence-corrected chi connectivity index (χ3v) is 3.93. The number of para-hydroxylation sites is 1. The van der Waals surface area contributed by atoms with Crippen molar-refractivity contribution in [3.8, 4) is 5.75 Å². The molecule has 2 rings (SSSR count). The van der Waals surface area contributed by atoms with Gasteiger partial charge in [-0.1, -0.05) is 35.9 Å². The van der Waals surface area contributed by atoms with E-state index in [1.54, 1.807) is 7.11 Å². The predicted octanol–water partition coefficient (Wildman–Crippen LogP) is 2.49. The zero-order valence-electron chi connectivity index (χ0n) is 16.2. The number of nitrogens with zero attached hydrogens (tertiary/aromatic N) is 1. The van der Waals surface area contributed by atoms with Gasteiger partial charge in [0.05, 0.1) is 13.7 Å². The molecule has 0 aliphatic rings. The van der Waals surface area contributed by atoms with Gasteiger partial charge in [-0.05, 0) is 32.0 Å². The van der Waals surface area contributed by atoms with Crippen LogP contribution in [0, 0.1) is 6.92 Å².